The second-order valence-electron chi connectivity index (χ2n) is 5.60. The third-order valence-corrected chi connectivity index (χ3v) is 3.82. The minimum atomic E-state index is 0.120. The Hall–Kier alpha value is -1.64. The highest BCUT2D eigenvalue weighted by atomic mass is 16.3. The maximum atomic E-state index is 9.02. The maximum absolute atomic E-state index is 9.02. The van der Waals surface area contributed by atoms with Crippen molar-refractivity contribution in [3.05, 3.63) is 71.3 Å². The van der Waals surface area contributed by atoms with Crippen LogP contribution < -0.4 is 5.32 Å². The van der Waals surface area contributed by atoms with E-state index in [-0.39, 0.29) is 6.61 Å². The summed E-state index contributed by atoms with van der Waals surface area (Å²) in [6, 6.07) is 19.4. The van der Waals surface area contributed by atoms with Gasteiger partial charge in [0.05, 0.1) is 6.61 Å². The van der Waals surface area contributed by atoms with E-state index in [1.807, 2.05) is 12.1 Å². The fourth-order valence-corrected chi connectivity index (χ4v) is 2.40. The van der Waals surface area contributed by atoms with Crippen molar-refractivity contribution in [1.29, 1.82) is 0 Å². The van der Waals surface area contributed by atoms with Crippen molar-refractivity contribution >= 4 is 0 Å². The molecule has 1 atom stereocenters. The van der Waals surface area contributed by atoms with Crippen LogP contribution in [0.3, 0.4) is 0 Å². The predicted octanol–water partition coefficient (Wildman–Crippen LogP) is 3.33. The highest BCUT2D eigenvalue weighted by Gasteiger charge is 2.02. The summed E-state index contributed by atoms with van der Waals surface area (Å²) in [5.74, 6) is 0. The molecule has 0 radical (unpaired) electrons. The van der Waals surface area contributed by atoms with Crippen LogP contribution in [0.25, 0.3) is 0 Å². The van der Waals surface area contributed by atoms with Crippen molar-refractivity contribution in [2.45, 2.75) is 38.8 Å². The van der Waals surface area contributed by atoms with Crippen LogP contribution >= 0.6 is 0 Å². The molecular weight excluding hydrogens is 258 g/mol. The van der Waals surface area contributed by atoms with Crippen LogP contribution in [0.2, 0.25) is 0 Å². The highest BCUT2D eigenvalue weighted by Crippen LogP contribution is 2.06. The molecule has 21 heavy (non-hydrogen) atoms. The molecule has 112 valence electrons. The number of benzene rings is 2. The first-order valence-electron chi connectivity index (χ1n) is 7.74. The third-order valence-electron chi connectivity index (χ3n) is 3.82. The molecule has 0 spiro atoms. The van der Waals surface area contributed by atoms with Gasteiger partial charge in [-0.05, 0) is 49.4 Å². The minimum Gasteiger partial charge on any atom is -0.392 e. The SMILES string of the molecule is CC(CCc1ccccc1)NCCc1ccc(CO)cc1. The quantitative estimate of drug-likeness (QED) is 0.779. The zero-order valence-electron chi connectivity index (χ0n) is 12.8. The average molecular weight is 283 g/mol. The molecule has 2 aromatic rings. The molecule has 0 amide bonds. The second-order valence-corrected chi connectivity index (χ2v) is 5.60. The maximum Gasteiger partial charge on any atom is 0.0681 e. The molecule has 0 aliphatic rings. The summed E-state index contributed by atoms with van der Waals surface area (Å²) >= 11 is 0. The standard InChI is InChI=1S/C19H25NO/c1-16(7-8-17-5-3-2-4-6-17)20-14-13-18-9-11-19(15-21)12-10-18/h2-6,9-12,16,20-21H,7-8,13-15H2,1H3. The van der Waals surface area contributed by atoms with E-state index in [2.05, 4.69) is 54.7 Å². The molecule has 2 N–H and O–H groups in total. The van der Waals surface area contributed by atoms with Crippen LogP contribution in [0, 0.1) is 0 Å². The summed E-state index contributed by atoms with van der Waals surface area (Å²) in [5.41, 5.74) is 3.70. The van der Waals surface area contributed by atoms with E-state index in [1.54, 1.807) is 0 Å². The Labute approximate surface area is 127 Å². The first kappa shape index (κ1) is 15.7. The molecule has 2 aromatic carbocycles. The second kappa shape index (κ2) is 8.60. The van der Waals surface area contributed by atoms with Crippen LogP contribution in [0.5, 0.6) is 0 Å². The molecule has 0 aliphatic carbocycles. The average Bonchev–Trinajstić information content (AvgIpc) is 2.54. The molecule has 0 heterocycles. The van der Waals surface area contributed by atoms with Crippen LogP contribution in [0.15, 0.2) is 54.6 Å². The van der Waals surface area contributed by atoms with E-state index in [9.17, 15) is 0 Å². The van der Waals surface area contributed by atoms with Gasteiger partial charge in [-0.25, -0.2) is 0 Å². The summed E-state index contributed by atoms with van der Waals surface area (Å²) in [6.45, 7) is 3.36. The Morgan fingerprint density at radius 3 is 2.14 bits per heavy atom. The van der Waals surface area contributed by atoms with Gasteiger partial charge in [-0.15, -0.1) is 0 Å². The van der Waals surface area contributed by atoms with Crippen LogP contribution in [-0.4, -0.2) is 17.7 Å². The van der Waals surface area contributed by atoms with Gasteiger partial charge in [0.15, 0.2) is 0 Å². The van der Waals surface area contributed by atoms with Gasteiger partial charge in [0, 0.05) is 6.04 Å². The summed E-state index contributed by atoms with van der Waals surface area (Å²) in [7, 11) is 0. The monoisotopic (exact) mass is 283 g/mol. The molecule has 0 saturated carbocycles. The smallest absolute Gasteiger partial charge is 0.0681 e. The van der Waals surface area contributed by atoms with Gasteiger partial charge >= 0.3 is 0 Å². The minimum absolute atomic E-state index is 0.120. The van der Waals surface area contributed by atoms with Crippen molar-refractivity contribution < 1.29 is 5.11 Å². The Kier molecular flexibility index (Phi) is 6.45. The van der Waals surface area contributed by atoms with Gasteiger partial charge in [0.2, 0.25) is 0 Å². The lowest BCUT2D eigenvalue weighted by atomic mass is 10.1. The summed E-state index contributed by atoms with van der Waals surface area (Å²) in [4.78, 5) is 0. The van der Waals surface area contributed by atoms with Gasteiger partial charge in [-0.1, -0.05) is 54.6 Å². The Morgan fingerprint density at radius 1 is 0.857 bits per heavy atom. The zero-order chi connectivity index (χ0) is 14.9. The first-order valence-corrected chi connectivity index (χ1v) is 7.74. The van der Waals surface area contributed by atoms with E-state index in [4.69, 9.17) is 5.11 Å². The van der Waals surface area contributed by atoms with Crippen LogP contribution in [0.1, 0.15) is 30.0 Å². The fourth-order valence-electron chi connectivity index (χ4n) is 2.40. The van der Waals surface area contributed by atoms with Crippen molar-refractivity contribution in [2.24, 2.45) is 0 Å². The van der Waals surface area contributed by atoms with Crippen LogP contribution in [-0.2, 0) is 19.4 Å². The molecular formula is C19H25NO. The number of hydrogen-bond acceptors (Lipinski definition) is 2. The zero-order valence-corrected chi connectivity index (χ0v) is 12.8. The molecule has 2 rings (SSSR count). The van der Waals surface area contributed by atoms with Crippen molar-refractivity contribution in [3.8, 4) is 0 Å². The Morgan fingerprint density at radius 2 is 1.48 bits per heavy atom. The molecule has 1 unspecified atom stereocenters. The lowest BCUT2D eigenvalue weighted by molar-refractivity contribution is 0.282. The molecule has 0 fully saturated rings. The molecule has 0 aromatic heterocycles. The predicted molar refractivity (Wildman–Crippen MR) is 88.3 cm³/mol. The van der Waals surface area contributed by atoms with Gasteiger partial charge in [0.1, 0.15) is 0 Å². The molecule has 0 saturated heterocycles. The number of nitrogens with one attached hydrogen (secondary N) is 1. The molecule has 0 bridgehead atoms. The molecule has 0 aliphatic heterocycles. The molecule has 2 nitrogen and oxygen atoms in total. The number of aryl methyl sites for hydroxylation is 1. The largest absolute Gasteiger partial charge is 0.392 e. The van der Waals surface area contributed by atoms with Gasteiger partial charge in [-0.3, -0.25) is 0 Å². The number of rotatable bonds is 8. The summed E-state index contributed by atoms with van der Waals surface area (Å²) < 4.78 is 0. The van der Waals surface area contributed by atoms with Gasteiger partial charge < -0.3 is 10.4 Å². The molecule has 2 heteroatoms. The van der Waals surface area contributed by atoms with Gasteiger partial charge in [-0.2, -0.15) is 0 Å². The number of hydrogen-bond donors (Lipinski definition) is 2. The highest BCUT2D eigenvalue weighted by molar-refractivity contribution is 5.22. The van der Waals surface area contributed by atoms with E-state index in [1.165, 1.54) is 11.1 Å². The van der Waals surface area contributed by atoms with E-state index >= 15 is 0 Å². The van der Waals surface area contributed by atoms with Gasteiger partial charge in [0.25, 0.3) is 0 Å². The Bertz CT molecular complexity index is 507. The normalized spacial score (nSPS) is 12.3. The number of aliphatic hydroxyl groups is 1. The topological polar surface area (TPSA) is 32.3 Å². The Balaban J connectivity index is 1.65. The third kappa shape index (κ3) is 5.70. The van der Waals surface area contributed by atoms with Crippen molar-refractivity contribution in [1.82, 2.24) is 5.32 Å². The summed E-state index contributed by atoms with van der Waals surface area (Å²) in [5, 5.41) is 12.6. The number of aliphatic hydroxyl groups excluding tert-OH is 1. The lowest BCUT2D eigenvalue weighted by Gasteiger charge is -2.14. The fraction of sp³-hybridized carbons (Fsp3) is 0.368. The van der Waals surface area contributed by atoms with Crippen molar-refractivity contribution in [2.75, 3.05) is 6.54 Å². The van der Waals surface area contributed by atoms with Crippen LogP contribution in [0.4, 0.5) is 0 Å². The van der Waals surface area contributed by atoms with Crippen molar-refractivity contribution in [3.63, 3.8) is 0 Å². The van der Waals surface area contributed by atoms with E-state index in [0.717, 1.165) is 31.4 Å². The van der Waals surface area contributed by atoms with E-state index < -0.39 is 0 Å². The lowest BCUT2D eigenvalue weighted by Crippen LogP contribution is -2.28. The van der Waals surface area contributed by atoms with E-state index in [0.29, 0.717) is 6.04 Å². The first-order chi connectivity index (χ1) is 10.3. The summed E-state index contributed by atoms with van der Waals surface area (Å²) in [6.07, 6.45) is 3.31.